The van der Waals surface area contributed by atoms with Gasteiger partial charge < -0.3 is 5.32 Å². The molecule has 1 amide bonds. The maximum Gasteiger partial charge on any atom is 0.263 e. The van der Waals surface area contributed by atoms with Crippen LogP contribution in [0, 0.1) is 6.92 Å². The average molecular weight is 391 g/mol. The summed E-state index contributed by atoms with van der Waals surface area (Å²) in [6, 6.07) is 5.44. The van der Waals surface area contributed by atoms with Crippen molar-refractivity contribution in [2.24, 2.45) is 0 Å². The molecule has 1 aromatic carbocycles. The molecule has 10 heteroatoms. The summed E-state index contributed by atoms with van der Waals surface area (Å²) in [7, 11) is -3.71. The van der Waals surface area contributed by atoms with Crippen LogP contribution in [0.3, 0.4) is 0 Å². The molecule has 2 heterocycles. The second-order valence-corrected chi connectivity index (χ2v) is 8.21. The first-order valence-corrected chi connectivity index (χ1v) is 10.1. The molecule has 0 fully saturated rings. The fourth-order valence-corrected chi connectivity index (χ4v) is 3.97. The van der Waals surface area contributed by atoms with E-state index in [4.69, 9.17) is 0 Å². The number of benzene rings is 1. The van der Waals surface area contributed by atoms with Gasteiger partial charge in [0.15, 0.2) is 5.13 Å². The van der Waals surface area contributed by atoms with Crippen LogP contribution < -0.4 is 10.0 Å². The average Bonchev–Trinajstić information content (AvgIpc) is 3.26. The number of nitrogens with zero attached hydrogens (tertiary/aromatic N) is 3. The molecule has 1 atom stereocenters. The Bertz CT molecular complexity index is 995. The number of aryl methyl sites for hydroxylation is 1. The van der Waals surface area contributed by atoms with Crippen LogP contribution in [0.25, 0.3) is 0 Å². The Morgan fingerprint density at radius 3 is 2.58 bits per heavy atom. The van der Waals surface area contributed by atoms with Gasteiger partial charge in [-0.2, -0.15) is 5.10 Å². The number of carbonyl (C=O) groups is 1. The molecular formula is C16H17N5O3S2. The van der Waals surface area contributed by atoms with Crippen molar-refractivity contribution in [1.82, 2.24) is 14.8 Å². The van der Waals surface area contributed by atoms with E-state index in [1.165, 1.54) is 41.8 Å². The first-order valence-electron chi connectivity index (χ1n) is 7.69. The normalized spacial score (nSPS) is 12.5. The third-order valence-corrected chi connectivity index (χ3v) is 5.77. The highest BCUT2D eigenvalue weighted by Crippen LogP contribution is 2.20. The molecule has 1 unspecified atom stereocenters. The van der Waals surface area contributed by atoms with E-state index in [0.29, 0.717) is 10.8 Å². The quantitative estimate of drug-likeness (QED) is 0.672. The molecule has 0 aliphatic carbocycles. The van der Waals surface area contributed by atoms with Crippen LogP contribution >= 0.6 is 11.3 Å². The summed E-state index contributed by atoms with van der Waals surface area (Å²) in [5, 5.41) is 8.85. The predicted octanol–water partition coefficient (Wildman–Crippen LogP) is 2.65. The molecule has 3 rings (SSSR count). The van der Waals surface area contributed by atoms with Crippen molar-refractivity contribution in [1.29, 1.82) is 0 Å². The van der Waals surface area contributed by atoms with Gasteiger partial charge in [-0.15, -0.1) is 11.3 Å². The molecule has 0 saturated carbocycles. The van der Waals surface area contributed by atoms with E-state index >= 15 is 0 Å². The molecule has 2 N–H and O–H groups in total. The van der Waals surface area contributed by atoms with Crippen LogP contribution in [0.15, 0.2) is 53.1 Å². The molecule has 8 nitrogen and oxygen atoms in total. The zero-order chi connectivity index (χ0) is 18.7. The van der Waals surface area contributed by atoms with Crippen molar-refractivity contribution < 1.29 is 13.2 Å². The molecule has 2 aromatic heterocycles. The maximum absolute atomic E-state index is 12.3. The molecule has 136 valence electrons. The summed E-state index contributed by atoms with van der Waals surface area (Å²) in [6.07, 6.45) is 4.98. The Labute approximate surface area is 154 Å². The molecule has 3 aromatic rings. The SMILES string of the molecule is Cc1cnn(C(C)C(=O)Nc2ccc(S(=O)(=O)Nc3nccs3)cc2)c1. The van der Waals surface area contributed by atoms with Crippen LogP contribution in [0.1, 0.15) is 18.5 Å². The van der Waals surface area contributed by atoms with Gasteiger partial charge in [-0.25, -0.2) is 13.4 Å². The number of nitrogens with one attached hydrogen (secondary N) is 2. The van der Waals surface area contributed by atoms with Crippen LogP contribution in [-0.4, -0.2) is 29.1 Å². The molecule has 0 aliphatic heterocycles. The first-order chi connectivity index (χ1) is 12.3. The summed E-state index contributed by atoms with van der Waals surface area (Å²) >= 11 is 1.19. The van der Waals surface area contributed by atoms with E-state index in [-0.39, 0.29) is 10.8 Å². The zero-order valence-corrected chi connectivity index (χ0v) is 15.7. The van der Waals surface area contributed by atoms with Crippen LogP contribution in [0.2, 0.25) is 0 Å². The fraction of sp³-hybridized carbons (Fsp3) is 0.188. The number of anilines is 2. The lowest BCUT2D eigenvalue weighted by molar-refractivity contribution is -0.119. The molecule has 0 spiro atoms. The van der Waals surface area contributed by atoms with Gasteiger partial charge in [0.05, 0.1) is 11.1 Å². The molecule has 0 aliphatic rings. The standard InChI is InChI=1S/C16H17N5O3S2/c1-11-9-18-21(10-11)12(2)15(22)19-13-3-5-14(6-4-13)26(23,24)20-16-17-7-8-25-16/h3-10,12H,1-2H3,(H,17,20)(H,19,22). The minimum atomic E-state index is -3.71. The zero-order valence-electron chi connectivity index (χ0n) is 14.1. The number of amides is 1. The van der Waals surface area contributed by atoms with Crippen molar-refractivity contribution >= 4 is 38.1 Å². The third-order valence-electron chi connectivity index (χ3n) is 3.59. The van der Waals surface area contributed by atoms with Gasteiger partial charge in [0, 0.05) is 23.5 Å². The van der Waals surface area contributed by atoms with Crippen molar-refractivity contribution in [3.8, 4) is 0 Å². The van der Waals surface area contributed by atoms with Gasteiger partial charge in [0.2, 0.25) is 5.91 Å². The lowest BCUT2D eigenvalue weighted by Crippen LogP contribution is -2.24. The van der Waals surface area contributed by atoms with Gasteiger partial charge in [0.25, 0.3) is 10.0 Å². The number of hydrogen-bond donors (Lipinski definition) is 2. The highest BCUT2D eigenvalue weighted by molar-refractivity contribution is 7.93. The molecule has 0 radical (unpaired) electrons. The Hall–Kier alpha value is -2.72. The largest absolute Gasteiger partial charge is 0.324 e. The Morgan fingerprint density at radius 2 is 2.00 bits per heavy atom. The number of hydrogen-bond acceptors (Lipinski definition) is 6. The number of rotatable bonds is 6. The van der Waals surface area contributed by atoms with E-state index in [1.807, 2.05) is 6.92 Å². The van der Waals surface area contributed by atoms with Crippen molar-refractivity contribution in [3.05, 3.63) is 53.8 Å². The first kappa shape index (κ1) is 18.1. The summed E-state index contributed by atoms with van der Waals surface area (Å²) in [5.41, 5.74) is 1.46. The monoisotopic (exact) mass is 391 g/mol. The second kappa shape index (κ2) is 7.26. The highest BCUT2D eigenvalue weighted by Gasteiger charge is 2.18. The highest BCUT2D eigenvalue weighted by atomic mass is 32.2. The van der Waals surface area contributed by atoms with Crippen LogP contribution in [0.4, 0.5) is 10.8 Å². The molecule has 0 bridgehead atoms. The second-order valence-electron chi connectivity index (χ2n) is 5.63. The minimum Gasteiger partial charge on any atom is -0.324 e. The van der Waals surface area contributed by atoms with E-state index in [2.05, 4.69) is 20.1 Å². The van der Waals surface area contributed by atoms with E-state index in [1.54, 1.807) is 29.4 Å². The lowest BCUT2D eigenvalue weighted by Gasteiger charge is -2.13. The molecule has 26 heavy (non-hydrogen) atoms. The Morgan fingerprint density at radius 1 is 1.27 bits per heavy atom. The van der Waals surface area contributed by atoms with E-state index in [0.717, 1.165) is 5.56 Å². The van der Waals surface area contributed by atoms with Gasteiger partial charge in [-0.1, -0.05) is 0 Å². The molecule has 0 saturated heterocycles. The van der Waals surface area contributed by atoms with Gasteiger partial charge in [-0.3, -0.25) is 14.2 Å². The number of carbonyl (C=O) groups excluding carboxylic acids is 1. The lowest BCUT2D eigenvalue weighted by atomic mass is 10.2. The van der Waals surface area contributed by atoms with E-state index in [9.17, 15) is 13.2 Å². The van der Waals surface area contributed by atoms with Gasteiger partial charge >= 0.3 is 0 Å². The number of aromatic nitrogens is 3. The van der Waals surface area contributed by atoms with E-state index < -0.39 is 16.1 Å². The van der Waals surface area contributed by atoms with Crippen molar-refractivity contribution in [2.45, 2.75) is 24.8 Å². The van der Waals surface area contributed by atoms with Gasteiger partial charge in [0.1, 0.15) is 6.04 Å². The number of sulfonamides is 1. The minimum absolute atomic E-state index is 0.0847. The molecular weight excluding hydrogens is 374 g/mol. The van der Waals surface area contributed by atoms with Crippen LogP contribution in [-0.2, 0) is 14.8 Å². The topological polar surface area (TPSA) is 106 Å². The smallest absolute Gasteiger partial charge is 0.263 e. The summed E-state index contributed by atoms with van der Waals surface area (Å²) in [6.45, 7) is 3.63. The third kappa shape index (κ3) is 4.09. The van der Waals surface area contributed by atoms with Crippen molar-refractivity contribution in [2.75, 3.05) is 10.0 Å². The maximum atomic E-state index is 12.3. The van der Waals surface area contributed by atoms with Crippen molar-refractivity contribution in [3.63, 3.8) is 0 Å². The van der Waals surface area contributed by atoms with Gasteiger partial charge in [-0.05, 0) is 43.7 Å². The summed E-state index contributed by atoms with van der Waals surface area (Å²) < 4.78 is 28.5. The Balaban J connectivity index is 1.68. The predicted molar refractivity (Wildman–Crippen MR) is 99.7 cm³/mol. The Kier molecular flexibility index (Phi) is 5.05. The summed E-state index contributed by atoms with van der Waals surface area (Å²) in [4.78, 5) is 16.3. The van der Waals surface area contributed by atoms with Crippen LogP contribution in [0.5, 0.6) is 0 Å². The summed E-state index contributed by atoms with van der Waals surface area (Å²) in [5.74, 6) is -0.246. The fourth-order valence-electron chi connectivity index (χ4n) is 2.18. The number of thiazole rings is 1.